The van der Waals surface area contributed by atoms with E-state index in [1.165, 1.54) is 44.7 Å². The summed E-state index contributed by atoms with van der Waals surface area (Å²) in [6.07, 6.45) is 18.1. The molecule has 2 aliphatic heterocycles. The van der Waals surface area contributed by atoms with Gasteiger partial charge in [-0.25, -0.2) is 4.98 Å². The molecule has 1 unspecified atom stereocenters. The SMILES string of the molecule is C=C1/C=C\C(C2CCC(CC(C)C)CC2)=C/Nc2c(C=O)cnc(N3CCCC(C=O)C3)c21.CCN(C)C.CN. The molecule has 1 atom stereocenters. The lowest BCUT2D eigenvalue weighted by Crippen LogP contribution is -2.37. The van der Waals surface area contributed by atoms with E-state index in [1.54, 1.807) is 6.20 Å². The molecule has 0 aromatic carbocycles. The van der Waals surface area contributed by atoms with Gasteiger partial charge in [-0.2, -0.15) is 0 Å². The highest BCUT2D eigenvalue weighted by Gasteiger charge is 2.27. The van der Waals surface area contributed by atoms with E-state index < -0.39 is 0 Å². The van der Waals surface area contributed by atoms with Crippen molar-refractivity contribution in [2.75, 3.05) is 51.0 Å². The quantitative estimate of drug-likeness (QED) is 0.391. The number of hydrogen-bond donors (Lipinski definition) is 2. The van der Waals surface area contributed by atoms with Gasteiger partial charge < -0.3 is 25.6 Å². The Balaban J connectivity index is 0.000000722. The predicted molar refractivity (Wildman–Crippen MR) is 170 cm³/mol. The summed E-state index contributed by atoms with van der Waals surface area (Å²) in [5.41, 5.74) is 8.78. The highest BCUT2D eigenvalue weighted by atomic mass is 16.1. The van der Waals surface area contributed by atoms with Crippen LogP contribution in [0.4, 0.5) is 11.5 Å². The Hall–Kier alpha value is -2.77. The van der Waals surface area contributed by atoms with Crippen LogP contribution in [0.25, 0.3) is 5.57 Å². The Morgan fingerprint density at radius 1 is 1.15 bits per heavy atom. The fourth-order valence-corrected chi connectivity index (χ4v) is 5.75. The van der Waals surface area contributed by atoms with E-state index in [1.807, 2.05) is 0 Å². The Kier molecular flexibility index (Phi) is 14.3. The Morgan fingerprint density at radius 3 is 2.40 bits per heavy atom. The fourth-order valence-electron chi connectivity index (χ4n) is 5.75. The van der Waals surface area contributed by atoms with Crippen LogP contribution in [0, 0.1) is 23.7 Å². The molecule has 0 bridgehead atoms. The van der Waals surface area contributed by atoms with Crippen molar-refractivity contribution < 1.29 is 9.59 Å². The summed E-state index contributed by atoms with van der Waals surface area (Å²) in [6.45, 7) is 13.7. The summed E-state index contributed by atoms with van der Waals surface area (Å²) < 4.78 is 0. The second-order valence-corrected chi connectivity index (χ2v) is 11.8. The summed E-state index contributed by atoms with van der Waals surface area (Å²) in [6, 6.07) is 0. The number of anilines is 2. The largest absolute Gasteiger partial charge is 0.360 e. The summed E-state index contributed by atoms with van der Waals surface area (Å²) in [5.74, 6) is 2.96. The molecule has 1 saturated carbocycles. The van der Waals surface area contributed by atoms with Crippen LogP contribution >= 0.6 is 0 Å². The minimum absolute atomic E-state index is 0.0181. The molecule has 1 aliphatic carbocycles. The lowest BCUT2D eigenvalue weighted by Gasteiger charge is -2.34. The van der Waals surface area contributed by atoms with Crippen molar-refractivity contribution in [3.05, 3.63) is 47.8 Å². The summed E-state index contributed by atoms with van der Waals surface area (Å²) >= 11 is 0. The zero-order valence-corrected chi connectivity index (χ0v) is 25.8. The first-order chi connectivity index (χ1) is 19.3. The summed E-state index contributed by atoms with van der Waals surface area (Å²) in [5, 5.41) is 3.47. The van der Waals surface area contributed by atoms with Gasteiger partial charge in [-0.15, -0.1) is 0 Å². The lowest BCUT2D eigenvalue weighted by molar-refractivity contribution is -0.111. The topological polar surface area (TPSA) is 91.6 Å². The minimum atomic E-state index is 0.0181. The maximum Gasteiger partial charge on any atom is 0.153 e. The van der Waals surface area contributed by atoms with Crippen LogP contribution in [-0.2, 0) is 4.79 Å². The molecule has 3 heterocycles. The zero-order chi connectivity index (χ0) is 29.7. The number of allylic oxidation sites excluding steroid dienone is 4. The molecule has 40 heavy (non-hydrogen) atoms. The van der Waals surface area contributed by atoms with E-state index in [4.69, 9.17) is 0 Å². The second-order valence-electron chi connectivity index (χ2n) is 11.8. The molecular formula is C33H53N5O2. The van der Waals surface area contributed by atoms with E-state index >= 15 is 0 Å². The van der Waals surface area contributed by atoms with Gasteiger partial charge in [-0.1, -0.05) is 39.5 Å². The van der Waals surface area contributed by atoms with Crippen molar-refractivity contribution in [1.82, 2.24) is 9.88 Å². The van der Waals surface area contributed by atoms with Crippen molar-refractivity contribution in [2.24, 2.45) is 29.4 Å². The fraction of sp³-hybridized carbons (Fsp3) is 0.606. The third-order valence-corrected chi connectivity index (χ3v) is 8.10. The third kappa shape index (κ3) is 9.41. The average molecular weight is 552 g/mol. The zero-order valence-electron chi connectivity index (χ0n) is 25.8. The van der Waals surface area contributed by atoms with Gasteiger partial charge in [0.2, 0.25) is 0 Å². The molecule has 0 spiro atoms. The summed E-state index contributed by atoms with van der Waals surface area (Å²) in [7, 11) is 5.61. The number of nitrogens with two attached hydrogens (primary N) is 1. The molecule has 3 N–H and O–H groups in total. The van der Waals surface area contributed by atoms with Gasteiger partial charge in [0, 0.05) is 37.0 Å². The number of piperidine rings is 1. The van der Waals surface area contributed by atoms with E-state index in [9.17, 15) is 9.59 Å². The molecule has 0 amide bonds. The third-order valence-electron chi connectivity index (χ3n) is 8.10. The number of carbonyl (C=O) groups is 2. The van der Waals surface area contributed by atoms with Crippen LogP contribution in [0.2, 0.25) is 0 Å². The molecule has 222 valence electrons. The molecule has 1 saturated heterocycles. The molecule has 4 rings (SSSR count). The number of rotatable bonds is 7. The van der Waals surface area contributed by atoms with Gasteiger partial charge >= 0.3 is 0 Å². The molecule has 7 nitrogen and oxygen atoms in total. The normalized spacial score (nSPS) is 24.5. The Bertz CT molecular complexity index is 1020. The van der Waals surface area contributed by atoms with Crippen LogP contribution in [-0.4, -0.2) is 63.2 Å². The predicted octanol–water partition coefficient (Wildman–Crippen LogP) is 6.18. The van der Waals surface area contributed by atoms with Gasteiger partial charge in [0.1, 0.15) is 12.1 Å². The first-order valence-electron chi connectivity index (χ1n) is 15.0. The monoisotopic (exact) mass is 551 g/mol. The number of carbonyl (C=O) groups excluding carboxylic acids is 2. The van der Waals surface area contributed by atoms with Crippen LogP contribution < -0.4 is 16.0 Å². The van der Waals surface area contributed by atoms with Crippen molar-refractivity contribution in [2.45, 2.75) is 65.7 Å². The van der Waals surface area contributed by atoms with Gasteiger partial charge in [0.05, 0.1) is 11.3 Å². The highest BCUT2D eigenvalue weighted by molar-refractivity contribution is 5.96. The highest BCUT2D eigenvalue weighted by Crippen LogP contribution is 2.40. The maximum absolute atomic E-state index is 11.9. The molecule has 3 aliphatic rings. The van der Waals surface area contributed by atoms with Crippen molar-refractivity contribution in [3.8, 4) is 0 Å². The number of pyridine rings is 1. The van der Waals surface area contributed by atoms with Gasteiger partial charge in [0.25, 0.3) is 0 Å². The van der Waals surface area contributed by atoms with Crippen molar-refractivity contribution >= 4 is 29.7 Å². The van der Waals surface area contributed by atoms with Gasteiger partial charge in [-0.3, -0.25) is 4.79 Å². The van der Waals surface area contributed by atoms with Crippen LogP contribution in [0.3, 0.4) is 0 Å². The van der Waals surface area contributed by atoms with Crippen LogP contribution in [0.1, 0.15) is 81.6 Å². The molecule has 1 aromatic rings. The molecule has 1 aromatic heterocycles. The van der Waals surface area contributed by atoms with E-state index in [0.717, 1.165) is 73.0 Å². The average Bonchev–Trinajstić information content (AvgIpc) is 2.97. The first kappa shape index (κ1) is 33.4. The molecule has 0 radical (unpaired) electrons. The number of aromatic nitrogens is 1. The smallest absolute Gasteiger partial charge is 0.153 e. The molecular weight excluding hydrogens is 498 g/mol. The minimum Gasteiger partial charge on any atom is -0.360 e. The van der Waals surface area contributed by atoms with Gasteiger partial charge in [-0.05, 0) is 102 Å². The lowest BCUT2D eigenvalue weighted by atomic mass is 9.75. The van der Waals surface area contributed by atoms with E-state index in [0.29, 0.717) is 18.0 Å². The van der Waals surface area contributed by atoms with E-state index in [-0.39, 0.29) is 5.92 Å². The number of nitrogens with zero attached hydrogens (tertiary/aromatic N) is 3. The number of fused-ring (bicyclic) bond motifs is 1. The second kappa shape index (κ2) is 17.1. The standard InChI is InChI=1S/C28H37N3O2.C4H11N.CH5N/c1-19(2)13-21-7-10-23(11-8-21)24-9-6-20(3)26-27(29-14-24)25(18-33)15-30-28(26)31-12-4-5-22(16-31)17-32;1-4-5(2)3;1-2/h6,9,14-15,17-19,21-23,29H,3-5,7-8,10-13,16H2,1-2H3;4H2,1-3H3;2H2,1H3/b9-6-,24-14+;;. The van der Waals surface area contributed by atoms with Crippen molar-refractivity contribution in [1.29, 1.82) is 0 Å². The van der Waals surface area contributed by atoms with Gasteiger partial charge in [0.15, 0.2) is 6.29 Å². The molecule has 7 heteroatoms. The van der Waals surface area contributed by atoms with Crippen molar-refractivity contribution in [3.63, 3.8) is 0 Å². The Morgan fingerprint density at radius 2 is 1.82 bits per heavy atom. The van der Waals surface area contributed by atoms with Crippen LogP contribution in [0.15, 0.2) is 36.7 Å². The van der Waals surface area contributed by atoms with Crippen LogP contribution in [0.5, 0.6) is 0 Å². The molecule has 2 fully saturated rings. The Labute approximate surface area is 243 Å². The maximum atomic E-state index is 11.9. The first-order valence-corrected chi connectivity index (χ1v) is 15.0. The number of hydrogen-bond acceptors (Lipinski definition) is 7. The summed E-state index contributed by atoms with van der Waals surface area (Å²) in [4.78, 5) is 32.2. The van der Waals surface area contributed by atoms with E-state index in [2.05, 4.69) is 85.6 Å². The number of nitrogens with one attached hydrogen (secondary N) is 1. The number of aldehydes is 2.